The van der Waals surface area contributed by atoms with Crippen LogP contribution in [0.1, 0.15) is 69.4 Å². The maximum Gasteiger partial charge on any atom is 0.224 e. The second kappa shape index (κ2) is 14.3. The summed E-state index contributed by atoms with van der Waals surface area (Å²) in [5, 5.41) is 4.17. The highest BCUT2D eigenvalue weighted by atomic mass is 32.1. The van der Waals surface area contributed by atoms with Crippen molar-refractivity contribution in [1.82, 2.24) is 15.2 Å². The number of ether oxygens (including phenoxy) is 1. The SMILES string of the molecule is C=C(CN1CCOCC1)C(=O)CC[C@@H](NC(=O)[C@@H](CC(C)=O)Cc1nc2ccc(CC)cc2s1)C1CCCC1. The van der Waals surface area contributed by atoms with Gasteiger partial charge in [0.25, 0.3) is 0 Å². The van der Waals surface area contributed by atoms with E-state index in [4.69, 9.17) is 9.72 Å². The molecule has 0 radical (unpaired) electrons. The van der Waals surface area contributed by atoms with Crippen molar-refractivity contribution < 1.29 is 19.1 Å². The number of thiazole rings is 1. The second-order valence-electron chi connectivity index (χ2n) is 11.2. The lowest BCUT2D eigenvalue weighted by Crippen LogP contribution is -2.44. The van der Waals surface area contributed by atoms with Crippen molar-refractivity contribution in [1.29, 1.82) is 0 Å². The van der Waals surface area contributed by atoms with Crippen LogP contribution in [0.5, 0.6) is 0 Å². The Morgan fingerprint density at radius 3 is 2.64 bits per heavy atom. The van der Waals surface area contributed by atoms with E-state index in [1.807, 2.05) is 6.07 Å². The third-order valence-corrected chi connectivity index (χ3v) is 9.16. The number of nitrogens with one attached hydrogen (secondary N) is 1. The fraction of sp³-hybridized carbons (Fsp3) is 0.613. The number of aryl methyl sites for hydroxylation is 1. The number of ketones is 2. The average molecular weight is 554 g/mol. The Bertz CT molecular complexity index is 1160. The predicted octanol–water partition coefficient (Wildman–Crippen LogP) is 4.91. The minimum Gasteiger partial charge on any atom is -0.379 e. The van der Waals surface area contributed by atoms with Crippen LogP contribution in [-0.2, 0) is 32.0 Å². The van der Waals surface area contributed by atoms with Crippen molar-refractivity contribution in [3.8, 4) is 0 Å². The minimum absolute atomic E-state index is 0.00321. The quantitative estimate of drug-likeness (QED) is 0.335. The molecule has 1 aromatic carbocycles. The van der Waals surface area contributed by atoms with Crippen LogP contribution in [0.2, 0.25) is 0 Å². The van der Waals surface area contributed by atoms with Crippen molar-refractivity contribution in [2.45, 2.75) is 77.7 Å². The molecular weight excluding hydrogens is 510 g/mol. The summed E-state index contributed by atoms with van der Waals surface area (Å²) in [7, 11) is 0. The number of benzene rings is 1. The number of carbonyl (C=O) groups excluding carboxylic acids is 3. The molecule has 1 aliphatic heterocycles. The summed E-state index contributed by atoms with van der Waals surface area (Å²) in [6, 6.07) is 6.22. The van der Waals surface area contributed by atoms with Gasteiger partial charge in [-0.3, -0.25) is 14.5 Å². The molecule has 4 rings (SSSR count). The van der Waals surface area contributed by atoms with Crippen LogP contribution >= 0.6 is 11.3 Å². The summed E-state index contributed by atoms with van der Waals surface area (Å²) < 4.78 is 6.52. The molecule has 39 heavy (non-hydrogen) atoms. The van der Waals surface area contributed by atoms with Crippen molar-refractivity contribution in [2.75, 3.05) is 32.8 Å². The van der Waals surface area contributed by atoms with Crippen LogP contribution in [0.15, 0.2) is 30.4 Å². The van der Waals surface area contributed by atoms with Crippen molar-refractivity contribution in [3.05, 3.63) is 40.9 Å². The zero-order chi connectivity index (χ0) is 27.8. The van der Waals surface area contributed by atoms with Gasteiger partial charge in [0.15, 0.2) is 5.78 Å². The monoisotopic (exact) mass is 553 g/mol. The summed E-state index contributed by atoms with van der Waals surface area (Å²) in [6.07, 6.45) is 6.99. The largest absolute Gasteiger partial charge is 0.379 e. The van der Waals surface area contributed by atoms with Crippen LogP contribution < -0.4 is 5.32 Å². The third kappa shape index (κ3) is 8.53. The molecule has 0 bridgehead atoms. The van der Waals surface area contributed by atoms with E-state index in [0.717, 1.165) is 60.4 Å². The van der Waals surface area contributed by atoms with E-state index in [1.165, 1.54) is 5.56 Å². The van der Waals surface area contributed by atoms with Gasteiger partial charge in [0.2, 0.25) is 5.91 Å². The maximum absolute atomic E-state index is 13.6. The number of amides is 1. The summed E-state index contributed by atoms with van der Waals surface area (Å²) in [4.78, 5) is 45.7. The van der Waals surface area contributed by atoms with Crippen LogP contribution in [0.3, 0.4) is 0 Å². The fourth-order valence-electron chi connectivity index (χ4n) is 5.81. The molecule has 0 spiro atoms. The van der Waals surface area contributed by atoms with Gasteiger partial charge in [-0.15, -0.1) is 11.3 Å². The molecule has 7 nitrogen and oxygen atoms in total. The lowest BCUT2D eigenvalue weighted by atomic mass is 9.90. The van der Waals surface area contributed by atoms with Crippen LogP contribution in [0, 0.1) is 11.8 Å². The molecule has 1 aromatic heterocycles. The van der Waals surface area contributed by atoms with Gasteiger partial charge in [-0.1, -0.05) is 32.4 Å². The van der Waals surface area contributed by atoms with E-state index < -0.39 is 5.92 Å². The molecule has 2 heterocycles. The minimum atomic E-state index is -0.468. The number of hydrogen-bond donors (Lipinski definition) is 1. The van der Waals surface area contributed by atoms with Gasteiger partial charge in [-0.2, -0.15) is 0 Å². The number of carbonyl (C=O) groups is 3. The fourth-order valence-corrected chi connectivity index (χ4v) is 6.92. The lowest BCUT2D eigenvalue weighted by Gasteiger charge is -2.28. The van der Waals surface area contributed by atoms with Crippen molar-refractivity contribution in [2.24, 2.45) is 11.8 Å². The van der Waals surface area contributed by atoms with E-state index in [-0.39, 0.29) is 29.9 Å². The summed E-state index contributed by atoms with van der Waals surface area (Å²) in [5.74, 6) is -0.140. The van der Waals surface area contributed by atoms with Crippen LogP contribution in [-0.4, -0.2) is 66.2 Å². The highest BCUT2D eigenvalue weighted by Crippen LogP contribution is 2.31. The van der Waals surface area contributed by atoms with Gasteiger partial charge >= 0.3 is 0 Å². The van der Waals surface area contributed by atoms with E-state index in [1.54, 1.807) is 18.3 Å². The van der Waals surface area contributed by atoms with Gasteiger partial charge in [-0.25, -0.2) is 4.98 Å². The van der Waals surface area contributed by atoms with E-state index >= 15 is 0 Å². The molecule has 212 valence electrons. The zero-order valence-corrected chi connectivity index (χ0v) is 24.3. The number of morpholine rings is 1. The molecule has 2 fully saturated rings. The third-order valence-electron chi connectivity index (χ3n) is 8.12. The first kappa shape index (κ1) is 29.6. The summed E-state index contributed by atoms with van der Waals surface area (Å²) in [5.41, 5.74) is 2.83. The molecule has 1 amide bonds. The average Bonchev–Trinajstić information content (AvgIpc) is 3.60. The molecule has 2 atom stereocenters. The molecule has 0 unspecified atom stereocenters. The number of aromatic nitrogens is 1. The number of nitrogens with zero attached hydrogens (tertiary/aromatic N) is 2. The number of hydrogen-bond acceptors (Lipinski definition) is 7. The zero-order valence-electron chi connectivity index (χ0n) is 23.5. The predicted molar refractivity (Wildman–Crippen MR) is 156 cm³/mol. The topological polar surface area (TPSA) is 88.6 Å². The van der Waals surface area contributed by atoms with Crippen LogP contribution in [0.25, 0.3) is 10.2 Å². The molecule has 8 heteroatoms. The van der Waals surface area contributed by atoms with Gasteiger partial charge in [0.05, 0.1) is 34.4 Å². The van der Waals surface area contributed by atoms with Gasteiger partial charge < -0.3 is 14.8 Å². The molecule has 1 aliphatic carbocycles. The highest BCUT2D eigenvalue weighted by Gasteiger charge is 2.30. The van der Waals surface area contributed by atoms with E-state index in [0.29, 0.717) is 50.5 Å². The Kier molecular flexibility index (Phi) is 10.8. The Morgan fingerprint density at radius 1 is 1.21 bits per heavy atom. The van der Waals surface area contributed by atoms with Crippen molar-refractivity contribution in [3.63, 3.8) is 0 Å². The van der Waals surface area contributed by atoms with Gasteiger partial charge in [0.1, 0.15) is 5.78 Å². The molecule has 1 saturated carbocycles. The first-order valence-electron chi connectivity index (χ1n) is 14.5. The molecule has 2 aromatic rings. The van der Waals surface area contributed by atoms with Gasteiger partial charge in [-0.05, 0) is 56.2 Å². The molecular formula is C31H43N3O4S. The Morgan fingerprint density at radius 2 is 1.95 bits per heavy atom. The smallest absolute Gasteiger partial charge is 0.224 e. The molecule has 1 N–H and O–H groups in total. The first-order chi connectivity index (χ1) is 18.8. The summed E-state index contributed by atoms with van der Waals surface area (Å²) in [6.45, 7) is 11.3. The van der Waals surface area contributed by atoms with E-state index in [9.17, 15) is 14.4 Å². The van der Waals surface area contributed by atoms with E-state index in [2.05, 4.69) is 35.9 Å². The standard InChI is InChI=1S/C31H43N3O4S/c1-4-23-9-10-27-29(18-23)39-30(32-27)19-25(17-22(3)35)31(37)33-26(24-7-5-6-8-24)11-12-28(36)21(2)20-34-13-15-38-16-14-34/h9-10,18,24-26H,2,4-8,11-17,19-20H2,1,3H3,(H,33,37)/t25-,26+/m0/s1. The lowest BCUT2D eigenvalue weighted by molar-refractivity contribution is -0.129. The van der Waals surface area contributed by atoms with Crippen LogP contribution in [0.4, 0.5) is 0 Å². The number of rotatable bonds is 14. The maximum atomic E-state index is 13.6. The number of fused-ring (bicyclic) bond motifs is 1. The van der Waals surface area contributed by atoms with Gasteiger partial charge in [0, 0.05) is 50.5 Å². The Balaban J connectivity index is 1.40. The second-order valence-corrected chi connectivity index (χ2v) is 12.3. The molecule has 2 aliphatic rings. The molecule has 1 saturated heterocycles. The van der Waals surface area contributed by atoms with Crippen molar-refractivity contribution >= 4 is 39.0 Å². The Hall–Kier alpha value is -2.42. The normalized spacial score (nSPS) is 18.2. The first-order valence-corrected chi connectivity index (χ1v) is 15.3. The highest BCUT2D eigenvalue weighted by molar-refractivity contribution is 7.18. The Labute approximate surface area is 236 Å². The summed E-state index contributed by atoms with van der Waals surface area (Å²) >= 11 is 1.61. The number of Topliss-reactive ketones (excluding diaryl/α,β-unsaturated/α-hetero) is 2.